The highest BCUT2D eigenvalue weighted by Gasteiger charge is 1.95. The molecule has 0 bridgehead atoms. The summed E-state index contributed by atoms with van der Waals surface area (Å²) in [4.78, 5) is 0. The molecule has 1 N–H and O–H groups in total. The van der Waals surface area contributed by atoms with E-state index in [2.05, 4.69) is 0 Å². The summed E-state index contributed by atoms with van der Waals surface area (Å²) in [6, 6.07) is 0. The average Bonchev–Trinajstić information content (AvgIpc) is 1.68. The van der Waals surface area contributed by atoms with Gasteiger partial charge in [-0.15, -0.1) is 0 Å². The summed E-state index contributed by atoms with van der Waals surface area (Å²) < 4.78 is 0. The van der Waals surface area contributed by atoms with Gasteiger partial charge in [0, 0.05) is 0 Å². The van der Waals surface area contributed by atoms with E-state index in [1.165, 1.54) is 0 Å². The fraction of sp³-hybridized carbons (Fsp3) is 0.833. The van der Waals surface area contributed by atoms with Crippen molar-refractivity contribution in [3.8, 4) is 0 Å². The number of hydrogen-bond acceptors (Lipinski definition) is 1. The maximum Gasteiger partial charge on any atom is 0.0569 e. The van der Waals surface area contributed by atoms with Gasteiger partial charge in [-0.25, -0.2) is 0 Å². The molecule has 0 saturated carbocycles. The molecule has 0 aromatic rings. The third-order valence-corrected chi connectivity index (χ3v) is 0.926. The van der Waals surface area contributed by atoms with Gasteiger partial charge in [0.25, 0.3) is 0 Å². The zero-order valence-corrected chi connectivity index (χ0v) is 5.02. The summed E-state index contributed by atoms with van der Waals surface area (Å²) in [7, 11) is 0. The molecule has 0 aromatic carbocycles. The predicted molar refractivity (Wildman–Crippen MR) is 30.9 cm³/mol. The van der Waals surface area contributed by atoms with E-state index in [4.69, 9.17) is 5.11 Å². The van der Waals surface area contributed by atoms with Crippen molar-refractivity contribution in [3.05, 3.63) is 6.42 Å². The van der Waals surface area contributed by atoms with Gasteiger partial charge in [0.2, 0.25) is 0 Å². The van der Waals surface area contributed by atoms with E-state index in [9.17, 15) is 0 Å². The second-order valence-corrected chi connectivity index (χ2v) is 1.62. The zero-order valence-electron chi connectivity index (χ0n) is 5.02. The first-order chi connectivity index (χ1) is 3.31. The van der Waals surface area contributed by atoms with Gasteiger partial charge < -0.3 is 5.11 Å². The van der Waals surface area contributed by atoms with Crippen LogP contribution in [0.3, 0.4) is 0 Å². The molecular weight excluding hydrogens is 88.1 g/mol. The molecule has 1 unspecified atom stereocenters. The summed E-state index contributed by atoms with van der Waals surface area (Å²) in [6.45, 7) is 4.00. The molecule has 1 nitrogen and oxygen atoms in total. The lowest BCUT2D eigenvalue weighted by Gasteiger charge is -2.01. The molecule has 0 fully saturated rings. The molecule has 7 heavy (non-hydrogen) atoms. The Morgan fingerprint density at radius 3 is 2.29 bits per heavy atom. The third-order valence-electron chi connectivity index (χ3n) is 0.926. The summed E-state index contributed by atoms with van der Waals surface area (Å²) in [5, 5.41) is 8.80. The van der Waals surface area contributed by atoms with Crippen molar-refractivity contribution in [2.45, 2.75) is 32.8 Å². The van der Waals surface area contributed by atoms with E-state index in [-0.39, 0.29) is 6.10 Å². The third kappa shape index (κ3) is 3.80. The Morgan fingerprint density at radius 1 is 1.57 bits per heavy atom. The van der Waals surface area contributed by atoms with Crippen LogP contribution in [0.5, 0.6) is 0 Å². The Balaban J connectivity index is 2.83. The lowest BCUT2D eigenvalue weighted by atomic mass is 10.2. The molecule has 0 rings (SSSR count). The minimum Gasteiger partial charge on any atom is -0.393 e. The quantitative estimate of drug-likeness (QED) is 0.569. The second kappa shape index (κ2) is 4.13. The van der Waals surface area contributed by atoms with Crippen molar-refractivity contribution < 1.29 is 5.11 Å². The van der Waals surface area contributed by atoms with Crippen LogP contribution < -0.4 is 0 Å². The van der Waals surface area contributed by atoms with E-state index >= 15 is 0 Å². The minimum absolute atomic E-state index is 0.176. The van der Waals surface area contributed by atoms with Gasteiger partial charge in [-0.05, 0) is 12.8 Å². The largest absolute Gasteiger partial charge is 0.393 e. The Hall–Kier alpha value is -0.0400. The van der Waals surface area contributed by atoms with Crippen molar-refractivity contribution in [2.24, 2.45) is 0 Å². The molecule has 0 heterocycles. The lowest BCUT2D eigenvalue weighted by Crippen LogP contribution is -2.02. The summed E-state index contributed by atoms with van der Waals surface area (Å²) in [5.74, 6) is 0. The van der Waals surface area contributed by atoms with Crippen molar-refractivity contribution >= 4 is 0 Å². The molecule has 0 saturated heterocycles. The van der Waals surface area contributed by atoms with Gasteiger partial charge in [-0.1, -0.05) is 20.3 Å². The maximum absolute atomic E-state index is 8.80. The van der Waals surface area contributed by atoms with Crippen molar-refractivity contribution in [1.29, 1.82) is 0 Å². The maximum atomic E-state index is 8.80. The highest BCUT2D eigenvalue weighted by Crippen LogP contribution is 1.96. The lowest BCUT2D eigenvalue weighted by molar-refractivity contribution is 0.199. The Kier molecular flexibility index (Phi) is 4.10. The van der Waals surface area contributed by atoms with Crippen LogP contribution in [0, 0.1) is 6.42 Å². The Morgan fingerprint density at radius 2 is 2.14 bits per heavy atom. The minimum atomic E-state index is -0.176. The van der Waals surface area contributed by atoms with Gasteiger partial charge in [0.15, 0.2) is 0 Å². The van der Waals surface area contributed by atoms with Crippen LogP contribution in [-0.4, -0.2) is 11.2 Å². The predicted octanol–water partition coefficient (Wildman–Crippen LogP) is 1.37. The Labute approximate surface area is 45.4 Å². The molecular formula is C6H13O. The second-order valence-electron chi connectivity index (χ2n) is 1.62. The summed E-state index contributed by atoms with van der Waals surface area (Å²) >= 11 is 0. The van der Waals surface area contributed by atoms with E-state index in [0.29, 0.717) is 0 Å². The van der Waals surface area contributed by atoms with Gasteiger partial charge in [0.05, 0.1) is 6.10 Å². The molecule has 1 heteroatoms. The van der Waals surface area contributed by atoms with Gasteiger partial charge in [-0.2, -0.15) is 0 Å². The highest BCUT2D eigenvalue weighted by atomic mass is 16.3. The topological polar surface area (TPSA) is 20.2 Å². The van der Waals surface area contributed by atoms with Crippen LogP contribution in [0.4, 0.5) is 0 Å². The molecule has 0 spiro atoms. The number of rotatable bonds is 3. The molecule has 43 valence electrons. The van der Waals surface area contributed by atoms with E-state index in [0.717, 1.165) is 12.8 Å². The zero-order chi connectivity index (χ0) is 5.70. The van der Waals surface area contributed by atoms with Crippen LogP contribution in [0.1, 0.15) is 26.7 Å². The normalized spacial score (nSPS) is 14.1. The number of aliphatic hydroxyl groups is 1. The van der Waals surface area contributed by atoms with Crippen LogP contribution in [0.15, 0.2) is 0 Å². The first-order valence-electron chi connectivity index (χ1n) is 2.82. The summed E-state index contributed by atoms with van der Waals surface area (Å²) in [6.07, 6.45) is 3.54. The number of aliphatic hydroxyl groups excluding tert-OH is 1. The van der Waals surface area contributed by atoms with Gasteiger partial charge >= 0.3 is 0 Å². The molecule has 1 radical (unpaired) electrons. The molecule has 1 atom stereocenters. The van der Waals surface area contributed by atoms with E-state index in [1.807, 2.05) is 20.3 Å². The van der Waals surface area contributed by atoms with Crippen molar-refractivity contribution in [3.63, 3.8) is 0 Å². The van der Waals surface area contributed by atoms with E-state index < -0.39 is 0 Å². The van der Waals surface area contributed by atoms with Gasteiger partial charge in [-0.3, -0.25) is 0 Å². The van der Waals surface area contributed by atoms with Gasteiger partial charge in [0.1, 0.15) is 0 Å². The standard InChI is InChI=1S/C6H13O/c1-3-5-6(7)4-2/h5-7H,3-4H2,1-2H3. The van der Waals surface area contributed by atoms with Crippen molar-refractivity contribution in [2.75, 3.05) is 0 Å². The van der Waals surface area contributed by atoms with Crippen molar-refractivity contribution in [1.82, 2.24) is 0 Å². The fourth-order valence-electron chi connectivity index (χ4n) is 0.439. The van der Waals surface area contributed by atoms with Crippen LogP contribution in [-0.2, 0) is 0 Å². The molecule has 0 amide bonds. The molecule has 0 aliphatic heterocycles. The fourth-order valence-corrected chi connectivity index (χ4v) is 0.439. The van der Waals surface area contributed by atoms with Crippen LogP contribution >= 0.6 is 0 Å². The first-order valence-corrected chi connectivity index (χ1v) is 2.82. The average molecular weight is 101 g/mol. The monoisotopic (exact) mass is 101 g/mol. The first kappa shape index (κ1) is 6.96. The summed E-state index contributed by atoms with van der Waals surface area (Å²) in [5.41, 5.74) is 0. The SMILES string of the molecule is CC[CH]C(O)CC. The Bertz CT molecular complexity index is 35.2. The highest BCUT2D eigenvalue weighted by molar-refractivity contribution is 4.70. The van der Waals surface area contributed by atoms with E-state index in [1.54, 1.807) is 0 Å². The van der Waals surface area contributed by atoms with Crippen LogP contribution in [0.25, 0.3) is 0 Å². The smallest absolute Gasteiger partial charge is 0.0569 e. The molecule has 0 aromatic heterocycles. The number of hydrogen-bond donors (Lipinski definition) is 1. The molecule has 0 aliphatic carbocycles. The van der Waals surface area contributed by atoms with Crippen LogP contribution in [0.2, 0.25) is 0 Å². The molecule has 0 aliphatic rings.